The fraction of sp³-hybridized carbons (Fsp3) is 0.333. The molecule has 2 N–H and O–H groups in total. The van der Waals surface area contributed by atoms with Crippen LogP contribution in [0.1, 0.15) is 0 Å². The fourth-order valence-corrected chi connectivity index (χ4v) is 1.66. The van der Waals surface area contributed by atoms with E-state index >= 15 is 0 Å². The van der Waals surface area contributed by atoms with Crippen molar-refractivity contribution in [3.8, 4) is 5.88 Å². The van der Waals surface area contributed by atoms with Crippen LogP contribution in [-0.2, 0) is 9.59 Å². The molecule has 0 saturated heterocycles. The Labute approximate surface area is 112 Å². The molecule has 0 spiro atoms. The van der Waals surface area contributed by atoms with Crippen molar-refractivity contribution in [1.29, 1.82) is 0 Å². The molecule has 1 aromatic heterocycles. The van der Waals surface area contributed by atoms with E-state index in [4.69, 9.17) is 21.4 Å². The van der Waals surface area contributed by atoms with E-state index in [9.17, 15) is 9.59 Å². The second-order valence-electron chi connectivity index (χ2n) is 2.99. The minimum absolute atomic E-state index is 0.00944. The molecule has 0 saturated carbocycles. The zero-order valence-corrected chi connectivity index (χ0v) is 10.9. The van der Waals surface area contributed by atoms with Gasteiger partial charge in [-0.2, -0.15) is 4.98 Å². The van der Waals surface area contributed by atoms with Gasteiger partial charge >= 0.3 is 5.97 Å². The zero-order valence-electron chi connectivity index (χ0n) is 9.34. The monoisotopic (exact) mass is 291 g/mol. The summed E-state index contributed by atoms with van der Waals surface area (Å²) in [6.45, 7) is 0. The maximum Gasteiger partial charge on any atom is 0.313 e. The van der Waals surface area contributed by atoms with Crippen LogP contribution in [0.25, 0.3) is 0 Å². The lowest BCUT2D eigenvalue weighted by molar-refractivity contribution is -0.133. The van der Waals surface area contributed by atoms with Crippen molar-refractivity contribution in [1.82, 2.24) is 9.97 Å². The largest absolute Gasteiger partial charge is 0.481 e. The number of nitrogens with one attached hydrogen (secondary N) is 1. The molecule has 18 heavy (non-hydrogen) atoms. The highest BCUT2D eigenvalue weighted by Crippen LogP contribution is 2.15. The number of carbonyl (C=O) groups excluding carboxylic acids is 1. The first kappa shape index (κ1) is 14.5. The number of anilines is 1. The predicted octanol–water partition coefficient (Wildman–Crippen LogP) is 0.895. The number of methoxy groups -OCH3 is 1. The van der Waals surface area contributed by atoms with Gasteiger partial charge in [0.1, 0.15) is 5.15 Å². The SMILES string of the molecule is COc1cc(Cl)nc(NC(=O)CSCC(=O)O)n1. The van der Waals surface area contributed by atoms with Crippen LogP contribution in [0.2, 0.25) is 5.15 Å². The lowest BCUT2D eigenvalue weighted by Gasteiger charge is -2.05. The highest BCUT2D eigenvalue weighted by molar-refractivity contribution is 8.00. The smallest absolute Gasteiger partial charge is 0.313 e. The average Bonchev–Trinajstić information content (AvgIpc) is 2.27. The van der Waals surface area contributed by atoms with Gasteiger partial charge in [0, 0.05) is 6.07 Å². The first-order valence-electron chi connectivity index (χ1n) is 4.69. The number of aliphatic carboxylic acids is 1. The Hall–Kier alpha value is -1.54. The number of hydrogen-bond donors (Lipinski definition) is 2. The second-order valence-corrected chi connectivity index (χ2v) is 4.36. The number of rotatable bonds is 6. The Morgan fingerprint density at radius 1 is 1.50 bits per heavy atom. The van der Waals surface area contributed by atoms with Crippen LogP contribution < -0.4 is 10.1 Å². The van der Waals surface area contributed by atoms with Crippen LogP contribution in [0.5, 0.6) is 5.88 Å². The number of carboxylic acid groups (broad SMARTS) is 1. The Kier molecular flexibility index (Phi) is 5.66. The molecule has 98 valence electrons. The quantitative estimate of drug-likeness (QED) is 0.751. The molecule has 1 aromatic rings. The molecular formula is C9H10ClN3O4S. The van der Waals surface area contributed by atoms with Gasteiger partial charge in [0.05, 0.1) is 18.6 Å². The summed E-state index contributed by atoms with van der Waals surface area (Å²) in [4.78, 5) is 29.3. The van der Waals surface area contributed by atoms with Crippen LogP contribution in [0, 0.1) is 0 Å². The zero-order chi connectivity index (χ0) is 13.5. The third kappa shape index (κ3) is 5.19. The first-order valence-corrected chi connectivity index (χ1v) is 6.22. The van der Waals surface area contributed by atoms with Crippen LogP contribution in [-0.4, -0.2) is 45.6 Å². The van der Waals surface area contributed by atoms with Crippen LogP contribution >= 0.6 is 23.4 Å². The van der Waals surface area contributed by atoms with Crippen molar-refractivity contribution in [2.45, 2.75) is 0 Å². The lowest BCUT2D eigenvalue weighted by atomic mass is 10.6. The molecule has 0 unspecified atom stereocenters. The van der Waals surface area contributed by atoms with Crippen LogP contribution in [0.3, 0.4) is 0 Å². The summed E-state index contributed by atoms with van der Waals surface area (Å²) in [5.41, 5.74) is 0. The Balaban J connectivity index is 2.53. The molecule has 9 heteroatoms. The summed E-state index contributed by atoms with van der Waals surface area (Å²) in [5, 5.41) is 10.9. The van der Waals surface area contributed by atoms with E-state index in [2.05, 4.69) is 15.3 Å². The van der Waals surface area contributed by atoms with E-state index in [1.165, 1.54) is 13.2 Å². The maximum absolute atomic E-state index is 11.4. The molecule has 0 radical (unpaired) electrons. The topological polar surface area (TPSA) is 101 Å². The average molecular weight is 292 g/mol. The number of thioether (sulfide) groups is 1. The minimum atomic E-state index is -0.978. The van der Waals surface area contributed by atoms with Crippen molar-refractivity contribution in [3.63, 3.8) is 0 Å². The third-order valence-electron chi connectivity index (χ3n) is 1.59. The normalized spacial score (nSPS) is 9.89. The van der Waals surface area contributed by atoms with E-state index in [1.54, 1.807) is 0 Å². The standard InChI is InChI=1S/C9H10ClN3O4S/c1-17-7-2-5(10)11-9(13-7)12-6(14)3-18-4-8(15)16/h2H,3-4H2,1H3,(H,15,16)(H,11,12,13,14). The number of aromatic nitrogens is 2. The third-order valence-corrected chi connectivity index (χ3v) is 2.70. The first-order chi connectivity index (χ1) is 8.51. The van der Waals surface area contributed by atoms with Crippen molar-refractivity contribution < 1.29 is 19.4 Å². The molecule has 0 fully saturated rings. The summed E-state index contributed by atoms with van der Waals surface area (Å²) in [5.74, 6) is -1.31. The van der Waals surface area contributed by atoms with Gasteiger partial charge < -0.3 is 9.84 Å². The van der Waals surface area contributed by atoms with Crippen molar-refractivity contribution in [3.05, 3.63) is 11.2 Å². The molecule has 0 aliphatic heterocycles. The Morgan fingerprint density at radius 3 is 2.83 bits per heavy atom. The number of carbonyl (C=O) groups is 2. The van der Waals surface area contributed by atoms with Gasteiger partial charge in [-0.05, 0) is 0 Å². The number of ether oxygens (including phenoxy) is 1. The van der Waals surface area contributed by atoms with Crippen molar-refractivity contribution in [2.24, 2.45) is 0 Å². The minimum Gasteiger partial charge on any atom is -0.481 e. The maximum atomic E-state index is 11.4. The van der Waals surface area contributed by atoms with Gasteiger partial charge in [0.15, 0.2) is 0 Å². The lowest BCUT2D eigenvalue weighted by Crippen LogP contribution is -2.17. The number of amides is 1. The number of halogens is 1. The number of nitrogens with zero attached hydrogens (tertiary/aromatic N) is 2. The molecule has 1 rings (SSSR count). The van der Waals surface area contributed by atoms with Crippen molar-refractivity contribution in [2.75, 3.05) is 23.9 Å². The van der Waals surface area contributed by atoms with Gasteiger partial charge in [0.25, 0.3) is 0 Å². The van der Waals surface area contributed by atoms with Gasteiger partial charge in [-0.25, -0.2) is 4.98 Å². The number of carboxylic acids is 1. The molecular weight excluding hydrogens is 282 g/mol. The van der Waals surface area contributed by atoms with E-state index < -0.39 is 11.9 Å². The molecule has 0 aliphatic rings. The molecule has 0 aromatic carbocycles. The molecule has 0 atom stereocenters. The summed E-state index contributed by atoms with van der Waals surface area (Å²) >= 11 is 6.66. The highest BCUT2D eigenvalue weighted by Gasteiger charge is 2.08. The highest BCUT2D eigenvalue weighted by atomic mass is 35.5. The van der Waals surface area contributed by atoms with Crippen LogP contribution in [0.15, 0.2) is 6.07 Å². The Bertz CT molecular complexity index is 457. The van der Waals surface area contributed by atoms with Gasteiger partial charge in [0.2, 0.25) is 17.7 Å². The summed E-state index contributed by atoms with van der Waals surface area (Å²) in [6, 6.07) is 1.40. The van der Waals surface area contributed by atoms with Gasteiger partial charge in [-0.1, -0.05) is 11.6 Å². The van der Waals surface area contributed by atoms with E-state index in [1.807, 2.05) is 0 Å². The predicted molar refractivity (Wildman–Crippen MR) is 67.2 cm³/mol. The second kappa shape index (κ2) is 7.02. The van der Waals surface area contributed by atoms with E-state index in [0.717, 1.165) is 11.8 Å². The molecule has 1 heterocycles. The van der Waals surface area contributed by atoms with E-state index in [0.29, 0.717) is 0 Å². The molecule has 1 amide bonds. The molecule has 0 aliphatic carbocycles. The molecule has 0 bridgehead atoms. The Morgan fingerprint density at radius 2 is 2.22 bits per heavy atom. The fourth-order valence-electron chi connectivity index (χ4n) is 0.949. The summed E-state index contributed by atoms with van der Waals surface area (Å²) < 4.78 is 4.86. The van der Waals surface area contributed by atoms with E-state index in [-0.39, 0.29) is 28.5 Å². The van der Waals surface area contributed by atoms with Crippen LogP contribution in [0.4, 0.5) is 5.95 Å². The number of hydrogen-bond acceptors (Lipinski definition) is 6. The van der Waals surface area contributed by atoms with Crippen molar-refractivity contribution >= 4 is 41.2 Å². The van der Waals surface area contributed by atoms with Gasteiger partial charge in [-0.3, -0.25) is 14.9 Å². The summed E-state index contributed by atoms with van der Waals surface area (Å²) in [7, 11) is 1.41. The van der Waals surface area contributed by atoms with Gasteiger partial charge in [-0.15, -0.1) is 11.8 Å². The summed E-state index contributed by atoms with van der Waals surface area (Å²) in [6.07, 6.45) is 0. The molecule has 7 nitrogen and oxygen atoms in total.